The largest absolute Gasteiger partial charge is 0.394 e. The highest BCUT2D eigenvalue weighted by atomic mass is 16.3. The summed E-state index contributed by atoms with van der Waals surface area (Å²) < 4.78 is 0. The van der Waals surface area contributed by atoms with Crippen LogP contribution in [0.3, 0.4) is 0 Å². The standard InChI is InChI=1S/C23H45NO3/c1-3-4-5-6-7-8-9-10-11-12-13-14-15-16-17-18-19-23(27)22(20-25)24-21(2)26/h18-19,22-23,25,27H,3-17,20H2,1-2H3,(H,24,26)/b19-18+/t22-,23+/m1/s1. The zero-order valence-corrected chi connectivity index (χ0v) is 17.9. The summed E-state index contributed by atoms with van der Waals surface area (Å²) in [6.45, 7) is 3.39. The van der Waals surface area contributed by atoms with E-state index in [9.17, 15) is 15.0 Å². The number of carbonyl (C=O) groups is 1. The second-order valence-electron chi connectivity index (χ2n) is 7.79. The third-order valence-electron chi connectivity index (χ3n) is 5.06. The van der Waals surface area contributed by atoms with E-state index in [4.69, 9.17) is 0 Å². The molecule has 0 fully saturated rings. The Balaban J connectivity index is 3.38. The summed E-state index contributed by atoms with van der Waals surface area (Å²) in [6, 6.07) is -0.616. The molecule has 0 aromatic heterocycles. The van der Waals surface area contributed by atoms with Gasteiger partial charge < -0.3 is 15.5 Å². The van der Waals surface area contributed by atoms with E-state index in [0.29, 0.717) is 0 Å². The third-order valence-corrected chi connectivity index (χ3v) is 5.06. The zero-order chi connectivity index (χ0) is 20.2. The molecule has 0 unspecified atom stereocenters. The van der Waals surface area contributed by atoms with Gasteiger partial charge in [-0.25, -0.2) is 0 Å². The molecular formula is C23H45NO3. The van der Waals surface area contributed by atoms with Crippen molar-refractivity contribution in [2.75, 3.05) is 6.61 Å². The van der Waals surface area contributed by atoms with Crippen molar-refractivity contribution in [3.05, 3.63) is 12.2 Å². The van der Waals surface area contributed by atoms with Gasteiger partial charge in [-0.05, 0) is 12.8 Å². The first-order valence-corrected chi connectivity index (χ1v) is 11.3. The van der Waals surface area contributed by atoms with Gasteiger partial charge in [0, 0.05) is 6.92 Å². The maximum Gasteiger partial charge on any atom is 0.217 e. The molecule has 0 aliphatic carbocycles. The fraction of sp³-hybridized carbons (Fsp3) is 0.870. The zero-order valence-electron chi connectivity index (χ0n) is 17.9. The van der Waals surface area contributed by atoms with Crippen LogP contribution in [0.4, 0.5) is 0 Å². The minimum atomic E-state index is -0.828. The summed E-state index contributed by atoms with van der Waals surface area (Å²) in [5.74, 6) is -0.242. The van der Waals surface area contributed by atoms with Gasteiger partial charge >= 0.3 is 0 Å². The maximum absolute atomic E-state index is 11.0. The Labute approximate surface area is 167 Å². The predicted molar refractivity (Wildman–Crippen MR) is 115 cm³/mol. The second kappa shape index (κ2) is 19.9. The molecule has 0 saturated carbocycles. The molecule has 0 aromatic carbocycles. The van der Waals surface area contributed by atoms with Crippen molar-refractivity contribution in [2.45, 2.75) is 122 Å². The number of carbonyl (C=O) groups excluding carboxylic acids is 1. The summed E-state index contributed by atoms with van der Waals surface area (Å²) in [5.41, 5.74) is 0. The van der Waals surface area contributed by atoms with Crippen LogP contribution in [0.25, 0.3) is 0 Å². The van der Waals surface area contributed by atoms with E-state index in [2.05, 4.69) is 12.2 Å². The number of aliphatic hydroxyl groups excluding tert-OH is 2. The van der Waals surface area contributed by atoms with E-state index >= 15 is 0 Å². The van der Waals surface area contributed by atoms with E-state index < -0.39 is 12.1 Å². The van der Waals surface area contributed by atoms with Crippen LogP contribution in [-0.4, -0.2) is 34.9 Å². The quantitative estimate of drug-likeness (QED) is 0.210. The average molecular weight is 384 g/mol. The number of amides is 1. The Morgan fingerprint density at radius 2 is 1.30 bits per heavy atom. The van der Waals surface area contributed by atoms with Gasteiger partial charge in [-0.3, -0.25) is 4.79 Å². The van der Waals surface area contributed by atoms with E-state index in [1.165, 1.54) is 90.4 Å². The molecule has 4 heteroatoms. The summed E-state index contributed by atoms with van der Waals surface area (Å²) in [6.07, 6.45) is 22.7. The highest BCUT2D eigenvalue weighted by molar-refractivity contribution is 5.73. The fourth-order valence-corrected chi connectivity index (χ4v) is 3.33. The smallest absolute Gasteiger partial charge is 0.217 e. The normalized spacial score (nSPS) is 13.8. The van der Waals surface area contributed by atoms with Crippen molar-refractivity contribution in [3.8, 4) is 0 Å². The van der Waals surface area contributed by atoms with Crippen molar-refractivity contribution in [3.63, 3.8) is 0 Å². The summed E-state index contributed by atoms with van der Waals surface area (Å²) >= 11 is 0. The van der Waals surface area contributed by atoms with Crippen LogP contribution in [0.5, 0.6) is 0 Å². The first kappa shape index (κ1) is 26.1. The Hall–Kier alpha value is -0.870. The lowest BCUT2D eigenvalue weighted by molar-refractivity contribution is -0.120. The van der Waals surface area contributed by atoms with E-state index in [-0.39, 0.29) is 12.5 Å². The van der Waals surface area contributed by atoms with Crippen LogP contribution in [0, 0.1) is 0 Å². The fourth-order valence-electron chi connectivity index (χ4n) is 3.33. The van der Waals surface area contributed by atoms with Gasteiger partial charge in [0.2, 0.25) is 5.91 Å². The minimum Gasteiger partial charge on any atom is -0.394 e. The maximum atomic E-state index is 11.0. The predicted octanol–water partition coefficient (Wildman–Crippen LogP) is 5.27. The highest BCUT2D eigenvalue weighted by Crippen LogP contribution is 2.13. The molecule has 2 atom stereocenters. The lowest BCUT2D eigenvalue weighted by atomic mass is 10.0. The monoisotopic (exact) mass is 383 g/mol. The Morgan fingerprint density at radius 1 is 0.852 bits per heavy atom. The van der Waals surface area contributed by atoms with Crippen LogP contribution in [0.2, 0.25) is 0 Å². The molecule has 0 spiro atoms. The number of hydrogen-bond acceptors (Lipinski definition) is 3. The van der Waals surface area contributed by atoms with Crippen molar-refractivity contribution in [1.29, 1.82) is 0 Å². The summed E-state index contributed by atoms with van der Waals surface area (Å²) in [5, 5.41) is 21.6. The summed E-state index contributed by atoms with van der Waals surface area (Å²) in [7, 11) is 0. The van der Waals surface area contributed by atoms with Gasteiger partial charge in [0.05, 0.1) is 18.8 Å². The second-order valence-corrected chi connectivity index (χ2v) is 7.79. The molecule has 0 aliphatic heterocycles. The van der Waals surface area contributed by atoms with Crippen molar-refractivity contribution < 1.29 is 15.0 Å². The Morgan fingerprint density at radius 3 is 1.70 bits per heavy atom. The molecule has 3 N–H and O–H groups in total. The molecular weight excluding hydrogens is 338 g/mol. The third kappa shape index (κ3) is 18.3. The van der Waals surface area contributed by atoms with Crippen LogP contribution in [-0.2, 0) is 4.79 Å². The lowest BCUT2D eigenvalue weighted by Crippen LogP contribution is -2.44. The number of unbranched alkanes of at least 4 members (excludes halogenated alkanes) is 14. The van der Waals surface area contributed by atoms with Gasteiger partial charge in [0.1, 0.15) is 0 Å². The molecule has 0 aromatic rings. The molecule has 4 nitrogen and oxygen atoms in total. The lowest BCUT2D eigenvalue weighted by Gasteiger charge is -2.18. The number of allylic oxidation sites excluding steroid dienone is 1. The number of aliphatic hydroxyl groups is 2. The van der Waals surface area contributed by atoms with Crippen LogP contribution < -0.4 is 5.32 Å². The number of nitrogens with one attached hydrogen (secondary N) is 1. The minimum absolute atomic E-state index is 0.242. The van der Waals surface area contributed by atoms with Crippen LogP contribution >= 0.6 is 0 Å². The molecule has 0 bridgehead atoms. The number of hydrogen-bond donors (Lipinski definition) is 3. The Kier molecular flexibility index (Phi) is 19.2. The molecule has 0 aliphatic rings. The molecule has 0 radical (unpaired) electrons. The van der Waals surface area contributed by atoms with Crippen molar-refractivity contribution in [1.82, 2.24) is 5.32 Å². The number of rotatable bonds is 19. The van der Waals surface area contributed by atoms with Crippen molar-refractivity contribution in [2.24, 2.45) is 0 Å². The molecule has 0 saturated heterocycles. The molecule has 27 heavy (non-hydrogen) atoms. The van der Waals surface area contributed by atoms with E-state index in [1.807, 2.05) is 6.08 Å². The first-order valence-electron chi connectivity index (χ1n) is 11.3. The molecule has 1 amide bonds. The van der Waals surface area contributed by atoms with Gasteiger partial charge in [-0.1, -0.05) is 103 Å². The molecule has 160 valence electrons. The molecule has 0 rings (SSSR count). The van der Waals surface area contributed by atoms with Gasteiger partial charge in [-0.15, -0.1) is 0 Å². The van der Waals surface area contributed by atoms with E-state index in [1.54, 1.807) is 6.08 Å². The van der Waals surface area contributed by atoms with Gasteiger partial charge in [0.25, 0.3) is 0 Å². The average Bonchev–Trinajstić information content (AvgIpc) is 2.65. The van der Waals surface area contributed by atoms with Crippen LogP contribution in [0.15, 0.2) is 12.2 Å². The van der Waals surface area contributed by atoms with Crippen LogP contribution in [0.1, 0.15) is 110 Å². The first-order chi connectivity index (χ1) is 13.1. The Bertz CT molecular complexity index is 358. The van der Waals surface area contributed by atoms with E-state index in [0.717, 1.165) is 12.8 Å². The molecule has 0 heterocycles. The summed E-state index contributed by atoms with van der Waals surface area (Å²) in [4.78, 5) is 11.0. The SMILES string of the molecule is CCCCCCCCCCCCCCCC/C=C/[C@H](O)[C@@H](CO)NC(C)=O. The topological polar surface area (TPSA) is 69.6 Å². The highest BCUT2D eigenvalue weighted by Gasteiger charge is 2.15. The van der Waals surface area contributed by atoms with Crippen molar-refractivity contribution >= 4 is 5.91 Å². The van der Waals surface area contributed by atoms with Gasteiger partial charge in [-0.2, -0.15) is 0 Å². The van der Waals surface area contributed by atoms with Gasteiger partial charge in [0.15, 0.2) is 0 Å².